The van der Waals surface area contributed by atoms with Gasteiger partial charge in [-0.25, -0.2) is 4.98 Å². The highest BCUT2D eigenvalue weighted by molar-refractivity contribution is 7.22. The zero-order valence-corrected chi connectivity index (χ0v) is 16.6. The van der Waals surface area contributed by atoms with Crippen LogP contribution in [0.2, 0.25) is 4.34 Å². The van der Waals surface area contributed by atoms with Gasteiger partial charge in [0.15, 0.2) is 5.13 Å². The standard InChI is InChI=1S/C18H20ClN3OS2/c1-3-21(4-2)11-12-22(17(23)15-9-10-16(19)24-15)18-20-13-7-5-6-8-14(13)25-18/h5-10H,3-4,11-12H2,1-2H3. The van der Waals surface area contributed by atoms with Crippen LogP contribution in [0, 0.1) is 0 Å². The molecule has 1 aromatic carbocycles. The first-order valence-corrected chi connectivity index (χ1v) is 10.3. The van der Waals surface area contributed by atoms with Gasteiger partial charge in [-0.15, -0.1) is 11.3 Å². The number of thiophene rings is 1. The Labute approximate surface area is 160 Å². The van der Waals surface area contributed by atoms with E-state index in [1.54, 1.807) is 28.4 Å². The minimum absolute atomic E-state index is 0.0388. The highest BCUT2D eigenvalue weighted by Crippen LogP contribution is 2.31. The van der Waals surface area contributed by atoms with Crippen molar-refractivity contribution in [1.29, 1.82) is 0 Å². The predicted molar refractivity (Wildman–Crippen MR) is 108 cm³/mol. The smallest absolute Gasteiger partial charge is 0.270 e. The van der Waals surface area contributed by atoms with Gasteiger partial charge in [-0.3, -0.25) is 9.69 Å². The summed E-state index contributed by atoms with van der Waals surface area (Å²) in [4.78, 5) is 22.4. The topological polar surface area (TPSA) is 36.4 Å². The molecule has 4 nitrogen and oxygen atoms in total. The highest BCUT2D eigenvalue weighted by Gasteiger charge is 2.23. The average molecular weight is 394 g/mol. The molecule has 0 spiro atoms. The zero-order chi connectivity index (χ0) is 17.8. The molecule has 2 heterocycles. The largest absolute Gasteiger partial charge is 0.302 e. The van der Waals surface area contributed by atoms with Crippen molar-refractivity contribution in [3.8, 4) is 0 Å². The van der Waals surface area contributed by atoms with Crippen LogP contribution in [-0.2, 0) is 0 Å². The van der Waals surface area contributed by atoms with E-state index >= 15 is 0 Å². The third-order valence-electron chi connectivity index (χ3n) is 4.08. The summed E-state index contributed by atoms with van der Waals surface area (Å²) in [5.74, 6) is -0.0388. The number of para-hydroxylation sites is 1. The quantitative estimate of drug-likeness (QED) is 0.566. The van der Waals surface area contributed by atoms with E-state index in [1.807, 2.05) is 24.3 Å². The molecule has 25 heavy (non-hydrogen) atoms. The number of benzene rings is 1. The lowest BCUT2D eigenvalue weighted by atomic mass is 10.3. The molecular formula is C18H20ClN3OS2. The van der Waals surface area contributed by atoms with E-state index in [-0.39, 0.29) is 5.91 Å². The van der Waals surface area contributed by atoms with Gasteiger partial charge in [0.25, 0.3) is 5.91 Å². The second kappa shape index (κ2) is 8.27. The lowest BCUT2D eigenvalue weighted by Gasteiger charge is -2.24. The van der Waals surface area contributed by atoms with Crippen LogP contribution in [0.5, 0.6) is 0 Å². The Balaban J connectivity index is 1.91. The summed E-state index contributed by atoms with van der Waals surface area (Å²) in [6.07, 6.45) is 0. The summed E-state index contributed by atoms with van der Waals surface area (Å²) in [7, 11) is 0. The van der Waals surface area contributed by atoms with Crippen molar-refractivity contribution in [2.45, 2.75) is 13.8 Å². The van der Waals surface area contributed by atoms with E-state index in [1.165, 1.54) is 11.3 Å². The van der Waals surface area contributed by atoms with Crippen molar-refractivity contribution < 1.29 is 4.79 Å². The molecule has 0 unspecified atom stereocenters. The van der Waals surface area contributed by atoms with E-state index in [4.69, 9.17) is 11.6 Å². The van der Waals surface area contributed by atoms with Crippen molar-refractivity contribution in [1.82, 2.24) is 9.88 Å². The molecule has 2 aromatic heterocycles. The molecule has 0 saturated carbocycles. The Morgan fingerprint density at radius 3 is 2.48 bits per heavy atom. The van der Waals surface area contributed by atoms with Crippen molar-refractivity contribution in [3.05, 3.63) is 45.6 Å². The molecule has 132 valence electrons. The molecule has 3 aromatic rings. The average Bonchev–Trinajstić information content (AvgIpc) is 3.24. The Morgan fingerprint density at radius 1 is 1.08 bits per heavy atom. The molecule has 0 aliphatic heterocycles. The summed E-state index contributed by atoms with van der Waals surface area (Å²) >= 11 is 8.88. The fourth-order valence-corrected chi connectivity index (χ4v) is 4.59. The number of carbonyl (C=O) groups excluding carboxylic acids is 1. The minimum atomic E-state index is -0.0388. The van der Waals surface area contributed by atoms with Gasteiger partial charge < -0.3 is 4.90 Å². The van der Waals surface area contributed by atoms with Crippen LogP contribution in [-0.4, -0.2) is 42.0 Å². The normalized spacial score (nSPS) is 11.4. The molecule has 7 heteroatoms. The number of nitrogens with zero attached hydrogens (tertiary/aromatic N) is 3. The maximum absolute atomic E-state index is 13.1. The first-order chi connectivity index (χ1) is 12.1. The fraction of sp³-hybridized carbons (Fsp3) is 0.333. The lowest BCUT2D eigenvalue weighted by molar-refractivity contribution is 0.0987. The van der Waals surface area contributed by atoms with E-state index in [0.29, 0.717) is 15.8 Å². The molecule has 0 bridgehead atoms. The number of amides is 1. The van der Waals surface area contributed by atoms with Gasteiger partial charge in [0.1, 0.15) is 0 Å². The summed E-state index contributed by atoms with van der Waals surface area (Å²) in [5, 5.41) is 0.739. The maximum Gasteiger partial charge on any atom is 0.270 e. The number of anilines is 1. The van der Waals surface area contributed by atoms with E-state index in [9.17, 15) is 4.79 Å². The van der Waals surface area contributed by atoms with Crippen LogP contribution in [0.3, 0.4) is 0 Å². The second-order valence-electron chi connectivity index (χ2n) is 5.55. The number of rotatable bonds is 7. The Morgan fingerprint density at radius 2 is 1.84 bits per heavy atom. The van der Waals surface area contributed by atoms with Crippen molar-refractivity contribution in [2.24, 2.45) is 0 Å². The number of hydrogen-bond acceptors (Lipinski definition) is 5. The number of carbonyl (C=O) groups is 1. The molecule has 0 radical (unpaired) electrons. The summed E-state index contributed by atoms with van der Waals surface area (Å²) in [6.45, 7) is 7.61. The number of thiazole rings is 1. The van der Waals surface area contributed by atoms with Crippen LogP contribution in [0.4, 0.5) is 5.13 Å². The van der Waals surface area contributed by atoms with Crippen LogP contribution < -0.4 is 4.90 Å². The maximum atomic E-state index is 13.1. The zero-order valence-electron chi connectivity index (χ0n) is 14.2. The van der Waals surface area contributed by atoms with Gasteiger partial charge in [-0.1, -0.05) is 48.9 Å². The Hall–Kier alpha value is -1.47. The molecule has 0 atom stereocenters. The van der Waals surface area contributed by atoms with E-state index in [2.05, 4.69) is 23.7 Å². The van der Waals surface area contributed by atoms with Crippen LogP contribution in [0.1, 0.15) is 23.5 Å². The van der Waals surface area contributed by atoms with Gasteiger partial charge in [0.05, 0.1) is 19.4 Å². The summed E-state index contributed by atoms with van der Waals surface area (Å²) in [5.41, 5.74) is 0.923. The third-order valence-corrected chi connectivity index (χ3v) is 6.36. The Kier molecular flexibility index (Phi) is 6.06. The second-order valence-corrected chi connectivity index (χ2v) is 8.28. The lowest BCUT2D eigenvalue weighted by Crippen LogP contribution is -2.38. The van der Waals surface area contributed by atoms with Crippen LogP contribution in [0.25, 0.3) is 10.2 Å². The molecular weight excluding hydrogens is 374 g/mol. The van der Waals surface area contributed by atoms with Crippen molar-refractivity contribution >= 4 is 55.5 Å². The SMILES string of the molecule is CCN(CC)CCN(C(=O)c1ccc(Cl)s1)c1nc2ccccc2s1. The van der Waals surface area contributed by atoms with Gasteiger partial charge in [0.2, 0.25) is 0 Å². The molecule has 0 fully saturated rings. The van der Waals surface area contributed by atoms with Gasteiger partial charge in [-0.2, -0.15) is 0 Å². The number of aromatic nitrogens is 1. The summed E-state index contributed by atoms with van der Waals surface area (Å²) in [6, 6.07) is 11.5. The highest BCUT2D eigenvalue weighted by atomic mass is 35.5. The minimum Gasteiger partial charge on any atom is -0.302 e. The summed E-state index contributed by atoms with van der Waals surface area (Å²) < 4.78 is 1.71. The number of hydrogen-bond donors (Lipinski definition) is 0. The molecule has 0 aliphatic rings. The van der Waals surface area contributed by atoms with Crippen LogP contribution in [0.15, 0.2) is 36.4 Å². The fourth-order valence-electron chi connectivity index (χ4n) is 2.60. The first-order valence-electron chi connectivity index (χ1n) is 8.27. The third kappa shape index (κ3) is 4.20. The van der Waals surface area contributed by atoms with Crippen LogP contribution >= 0.6 is 34.3 Å². The van der Waals surface area contributed by atoms with E-state index in [0.717, 1.165) is 35.0 Å². The molecule has 0 N–H and O–H groups in total. The molecule has 0 saturated heterocycles. The van der Waals surface area contributed by atoms with Gasteiger partial charge in [0, 0.05) is 13.1 Å². The van der Waals surface area contributed by atoms with Crippen molar-refractivity contribution in [2.75, 3.05) is 31.1 Å². The molecule has 3 rings (SSSR count). The van der Waals surface area contributed by atoms with Crippen molar-refractivity contribution in [3.63, 3.8) is 0 Å². The molecule has 1 amide bonds. The number of fused-ring (bicyclic) bond motifs is 1. The first kappa shape index (κ1) is 18.3. The monoisotopic (exact) mass is 393 g/mol. The number of likely N-dealkylation sites (N-methyl/N-ethyl adjacent to an activating group) is 1. The number of halogens is 1. The van der Waals surface area contributed by atoms with Gasteiger partial charge in [-0.05, 0) is 37.4 Å². The molecule has 0 aliphatic carbocycles. The Bertz CT molecular complexity index is 824. The van der Waals surface area contributed by atoms with E-state index < -0.39 is 0 Å². The predicted octanol–water partition coefficient (Wildman–Crippen LogP) is 5.00. The van der Waals surface area contributed by atoms with Gasteiger partial charge >= 0.3 is 0 Å².